The van der Waals surface area contributed by atoms with E-state index in [2.05, 4.69) is 52.8 Å². The van der Waals surface area contributed by atoms with Gasteiger partial charge in [0.25, 0.3) is 0 Å². The van der Waals surface area contributed by atoms with Gasteiger partial charge in [-0.3, -0.25) is 14.4 Å². The molecule has 3 saturated carbocycles. The Balaban J connectivity index is 1.10. The highest BCUT2D eigenvalue weighted by molar-refractivity contribution is 5.88. The number of hydrogen-bond donors (Lipinski definition) is 0. The monoisotopic (exact) mass is 681 g/mol. The van der Waals surface area contributed by atoms with E-state index in [1.807, 2.05) is 4.90 Å². The Morgan fingerprint density at radius 1 is 1.00 bits per heavy atom. The third-order valence-corrected chi connectivity index (χ3v) is 14.2. The number of ketones is 1. The second kappa shape index (κ2) is 16.4. The summed E-state index contributed by atoms with van der Waals surface area (Å²) in [7, 11) is 0. The van der Waals surface area contributed by atoms with E-state index in [9.17, 15) is 14.4 Å². The predicted molar refractivity (Wildman–Crippen MR) is 196 cm³/mol. The number of fused-ring (bicyclic) bond motifs is 5. The van der Waals surface area contributed by atoms with Gasteiger partial charge in [-0.2, -0.15) is 0 Å². The molecule has 1 amide bonds. The maximum atomic E-state index is 13.1. The topological polar surface area (TPSA) is 85.3 Å². The van der Waals surface area contributed by atoms with Crippen molar-refractivity contribution >= 4 is 23.4 Å². The summed E-state index contributed by atoms with van der Waals surface area (Å²) < 4.78 is 5.62. The van der Waals surface area contributed by atoms with Gasteiger partial charge in [-0.25, -0.2) is 0 Å². The summed E-state index contributed by atoms with van der Waals surface area (Å²) in [4.78, 5) is 44.6. The van der Waals surface area contributed by atoms with Crippen molar-refractivity contribution < 1.29 is 24.0 Å². The van der Waals surface area contributed by atoms with Crippen LogP contribution >= 0.6 is 0 Å². The van der Waals surface area contributed by atoms with Crippen molar-refractivity contribution in [1.29, 1.82) is 0 Å². The van der Waals surface area contributed by atoms with Crippen LogP contribution in [0.5, 0.6) is 0 Å². The number of carbonyl (C=O) groups excluding carboxylic acids is 3. The second-order valence-corrected chi connectivity index (χ2v) is 17.6. The van der Waals surface area contributed by atoms with Crippen molar-refractivity contribution in [1.82, 2.24) is 4.90 Å². The van der Waals surface area contributed by atoms with Gasteiger partial charge in [-0.15, -0.1) is 0 Å². The molecule has 5 aliphatic rings. The fourth-order valence-electron chi connectivity index (χ4n) is 11.3. The maximum Gasteiger partial charge on any atom is 0.306 e. The molecule has 0 aromatic rings. The Morgan fingerprint density at radius 2 is 1.80 bits per heavy atom. The molecule has 0 aromatic heterocycles. The Kier molecular flexibility index (Phi) is 12.8. The molecule has 1 aliphatic heterocycles. The molecule has 0 N–H and O–H groups in total. The number of Topliss-reactive ketones (excluding diaryl/α,β-unsaturated/α-hetero) is 1. The highest BCUT2D eigenvalue weighted by Crippen LogP contribution is 2.67. The molecule has 4 aliphatic carbocycles. The van der Waals surface area contributed by atoms with Crippen LogP contribution in [-0.4, -0.2) is 53.6 Å². The maximum absolute atomic E-state index is 13.1. The van der Waals surface area contributed by atoms with Gasteiger partial charge in [0.1, 0.15) is 18.5 Å². The zero-order valence-electron chi connectivity index (χ0n) is 32.1. The lowest BCUT2D eigenvalue weighted by Crippen LogP contribution is -2.50. The van der Waals surface area contributed by atoms with Gasteiger partial charge < -0.3 is 14.5 Å². The molecule has 0 aromatic carbocycles. The number of oxime groups is 1. The summed E-state index contributed by atoms with van der Waals surface area (Å²) in [5.74, 6) is 4.77. The lowest BCUT2D eigenvalue weighted by atomic mass is 9.47. The first-order valence-electron chi connectivity index (χ1n) is 20.3. The molecule has 3 unspecified atom stereocenters. The normalized spacial score (nSPS) is 35.4. The first kappa shape index (κ1) is 38.1. The van der Waals surface area contributed by atoms with Gasteiger partial charge in [-0.1, -0.05) is 84.5 Å². The molecule has 0 bridgehead atoms. The van der Waals surface area contributed by atoms with Gasteiger partial charge >= 0.3 is 5.97 Å². The molecule has 5 rings (SSSR count). The number of nitrogens with zero attached hydrogens (tertiary/aromatic N) is 2. The summed E-state index contributed by atoms with van der Waals surface area (Å²) in [6.45, 7) is 17.1. The molecule has 0 radical (unpaired) electrons. The standard InChI is InChI=1S/C42H68N2O5/c1-8-32-26-34(49-40(47)18-14-33(45)9-2)27-44(32)39(46)21-24-48-43-31-19-22-41(6)30(25-31)13-15-35-37-17-16-36(29(5)12-10-11-28(3)4)42(37,7)23-20-38(35)41/h13,28-29,32,34-38H,8-12,14-27H2,1-7H3/b43-31+/t29-,32-,34-,35?,36-,37?,38?,41+,42-/m1/s1. The Morgan fingerprint density at radius 3 is 2.53 bits per heavy atom. The van der Waals surface area contributed by atoms with Gasteiger partial charge in [0.05, 0.1) is 25.1 Å². The summed E-state index contributed by atoms with van der Waals surface area (Å²) in [6, 6.07) is 0.0536. The number of ether oxygens (including phenoxy) is 1. The van der Waals surface area contributed by atoms with Crippen LogP contribution in [0.1, 0.15) is 158 Å². The Bertz CT molecular complexity index is 1240. The quantitative estimate of drug-likeness (QED) is 0.0745. The van der Waals surface area contributed by atoms with Crippen molar-refractivity contribution in [3.8, 4) is 0 Å². The average Bonchev–Trinajstić information content (AvgIpc) is 3.65. The third-order valence-electron chi connectivity index (χ3n) is 14.2. The largest absolute Gasteiger partial charge is 0.460 e. The summed E-state index contributed by atoms with van der Waals surface area (Å²) in [6.07, 6.45) is 18.8. The fourth-order valence-corrected chi connectivity index (χ4v) is 11.3. The number of esters is 1. The molecule has 276 valence electrons. The minimum atomic E-state index is -0.353. The van der Waals surface area contributed by atoms with E-state index < -0.39 is 0 Å². The second-order valence-electron chi connectivity index (χ2n) is 17.6. The Labute approximate surface area is 297 Å². The first-order chi connectivity index (χ1) is 23.4. The van der Waals surface area contributed by atoms with Crippen LogP contribution in [0.2, 0.25) is 0 Å². The van der Waals surface area contributed by atoms with Gasteiger partial charge in [0.15, 0.2) is 0 Å². The van der Waals surface area contributed by atoms with Crippen molar-refractivity contribution in [3.63, 3.8) is 0 Å². The number of likely N-dealkylation sites (tertiary alicyclic amines) is 1. The zero-order valence-corrected chi connectivity index (χ0v) is 32.1. The summed E-state index contributed by atoms with van der Waals surface area (Å²) >= 11 is 0. The van der Waals surface area contributed by atoms with Crippen LogP contribution in [0, 0.1) is 46.3 Å². The van der Waals surface area contributed by atoms with Crippen LogP contribution < -0.4 is 0 Å². The van der Waals surface area contributed by atoms with Crippen LogP contribution in [0.25, 0.3) is 0 Å². The molecule has 7 nitrogen and oxygen atoms in total. The molecule has 9 atom stereocenters. The minimum Gasteiger partial charge on any atom is -0.460 e. The molecule has 7 heteroatoms. The summed E-state index contributed by atoms with van der Waals surface area (Å²) in [5.41, 5.74) is 3.49. The number of hydrogen-bond acceptors (Lipinski definition) is 6. The van der Waals surface area contributed by atoms with Crippen molar-refractivity contribution in [2.45, 2.75) is 170 Å². The summed E-state index contributed by atoms with van der Waals surface area (Å²) in [5, 5.41) is 4.58. The smallest absolute Gasteiger partial charge is 0.306 e. The van der Waals surface area contributed by atoms with Gasteiger partial charge in [0.2, 0.25) is 5.91 Å². The number of rotatable bonds is 15. The van der Waals surface area contributed by atoms with E-state index in [4.69, 9.17) is 9.57 Å². The number of carbonyl (C=O) groups is 3. The van der Waals surface area contributed by atoms with Crippen molar-refractivity contribution in [3.05, 3.63) is 11.6 Å². The number of amides is 1. The van der Waals surface area contributed by atoms with Crippen LogP contribution in [0.3, 0.4) is 0 Å². The molecule has 49 heavy (non-hydrogen) atoms. The fraction of sp³-hybridized carbons (Fsp3) is 0.857. The Hall–Kier alpha value is -2.18. The van der Waals surface area contributed by atoms with Gasteiger partial charge in [0, 0.05) is 31.7 Å². The van der Waals surface area contributed by atoms with Crippen LogP contribution in [-0.2, 0) is 24.0 Å². The molecule has 1 heterocycles. The third kappa shape index (κ3) is 8.49. The first-order valence-corrected chi connectivity index (χ1v) is 20.3. The van der Waals surface area contributed by atoms with E-state index in [1.54, 1.807) is 12.5 Å². The van der Waals surface area contributed by atoms with E-state index in [0.29, 0.717) is 24.8 Å². The SMILES string of the molecule is CCC(=O)CCC(=O)O[C@@H]1C[C@@H](CC)N(C(=O)CCO/N=C2\CC[C@@]3(C)C(=CCC4C3CC[C@@]3(C)C4CC[C@@H]3[C@H](C)CCCC(C)C)C2)C1. The van der Waals surface area contributed by atoms with E-state index in [1.165, 1.54) is 51.4 Å². The van der Waals surface area contributed by atoms with Crippen molar-refractivity contribution in [2.75, 3.05) is 13.2 Å². The lowest BCUT2D eigenvalue weighted by Gasteiger charge is -2.58. The molecular formula is C42H68N2O5. The molecule has 0 spiro atoms. The van der Waals surface area contributed by atoms with E-state index in [0.717, 1.165) is 66.9 Å². The highest BCUT2D eigenvalue weighted by Gasteiger charge is 2.59. The van der Waals surface area contributed by atoms with Crippen molar-refractivity contribution in [2.24, 2.45) is 51.5 Å². The van der Waals surface area contributed by atoms with Crippen LogP contribution in [0.4, 0.5) is 0 Å². The predicted octanol–water partition coefficient (Wildman–Crippen LogP) is 9.47. The highest BCUT2D eigenvalue weighted by atomic mass is 16.6. The molecule has 1 saturated heterocycles. The van der Waals surface area contributed by atoms with Crippen LogP contribution in [0.15, 0.2) is 16.8 Å². The molecular weight excluding hydrogens is 612 g/mol. The zero-order chi connectivity index (χ0) is 35.3. The van der Waals surface area contributed by atoms with E-state index >= 15 is 0 Å². The lowest BCUT2D eigenvalue weighted by molar-refractivity contribution is -0.150. The van der Waals surface area contributed by atoms with E-state index in [-0.39, 0.29) is 61.1 Å². The number of allylic oxidation sites excluding steroid dienone is 2. The average molecular weight is 681 g/mol. The minimum absolute atomic E-state index is 0.0208. The van der Waals surface area contributed by atoms with Gasteiger partial charge in [-0.05, 0) is 97.7 Å². The molecule has 4 fully saturated rings.